The van der Waals surface area contributed by atoms with Gasteiger partial charge in [-0.15, -0.1) is 0 Å². The number of benzene rings is 2. The first kappa shape index (κ1) is 16.1. The van der Waals surface area contributed by atoms with Crippen molar-refractivity contribution in [2.45, 2.75) is 39.8 Å². The molecule has 0 radical (unpaired) electrons. The van der Waals surface area contributed by atoms with E-state index in [1.54, 1.807) is 0 Å². The Balaban J connectivity index is 1.90. The summed E-state index contributed by atoms with van der Waals surface area (Å²) in [6, 6.07) is 16.0. The Labute approximate surface area is 132 Å². The minimum Gasteiger partial charge on any atom is -0.374 e. The highest BCUT2D eigenvalue weighted by Crippen LogP contribution is 2.12. The second kappa shape index (κ2) is 7.64. The summed E-state index contributed by atoms with van der Waals surface area (Å²) in [7, 11) is 0. The Bertz CT molecular complexity index is 637. The van der Waals surface area contributed by atoms with E-state index >= 15 is 0 Å². The Kier molecular flexibility index (Phi) is 5.59. The lowest BCUT2D eigenvalue weighted by atomic mass is 10.1. The predicted octanol–water partition coefficient (Wildman–Crippen LogP) is 3.67. The number of carbonyl (C=O) groups excluding carboxylic acids is 1. The number of rotatable bonds is 6. The molecule has 3 heteroatoms. The third-order valence-electron chi connectivity index (χ3n) is 3.83. The minimum atomic E-state index is -0.267. The van der Waals surface area contributed by atoms with Gasteiger partial charge in [0.1, 0.15) is 6.04 Å². The van der Waals surface area contributed by atoms with Crippen molar-refractivity contribution in [3.8, 4) is 0 Å². The van der Waals surface area contributed by atoms with Crippen molar-refractivity contribution in [2.24, 2.45) is 0 Å². The summed E-state index contributed by atoms with van der Waals surface area (Å²) in [4.78, 5) is 12.2. The van der Waals surface area contributed by atoms with Crippen LogP contribution in [0.2, 0.25) is 0 Å². The molecule has 1 unspecified atom stereocenters. The Morgan fingerprint density at radius 2 is 1.91 bits per heavy atom. The van der Waals surface area contributed by atoms with Crippen molar-refractivity contribution >= 4 is 11.6 Å². The van der Waals surface area contributed by atoms with E-state index in [1.807, 2.05) is 37.3 Å². The maximum Gasteiger partial charge on any atom is 0.242 e. The Morgan fingerprint density at radius 1 is 1.14 bits per heavy atom. The highest BCUT2D eigenvalue weighted by atomic mass is 16.2. The molecule has 3 nitrogen and oxygen atoms in total. The number of hydrogen-bond donors (Lipinski definition) is 2. The van der Waals surface area contributed by atoms with E-state index in [2.05, 4.69) is 42.7 Å². The van der Waals surface area contributed by atoms with Gasteiger partial charge in [-0.25, -0.2) is 0 Å². The summed E-state index contributed by atoms with van der Waals surface area (Å²) in [6.45, 7) is 6.62. The fourth-order valence-corrected chi connectivity index (χ4v) is 2.34. The van der Waals surface area contributed by atoms with Gasteiger partial charge in [-0.2, -0.15) is 0 Å². The average Bonchev–Trinajstić information content (AvgIpc) is 2.54. The van der Waals surface area contributed by atoms with Gasteiger partial charge in [-0.1, -0.05) is 43.3 Å². The van der Waals surface area contributed by atoms with Crippen LogP contribution in [0.25, 0.3) is 0 Å². The number of carbonyl (C=O) groups is 1. The first-order valence-corrected chi connectivity index (χ1v) is 7.78. The van der Waals surface area contributed by atoms with Crippen LogP contribution >= 0.6 is 0 Å². The molecule has 0 aliphatic rings. The Morgan fingerprint density at radius 3 is 2.64 bits per heavy atom. The van der Waals surface area contributed by atoms with Crippen LogP contribution in [0.5, 0.6) is 0 Å². The second-order valence-electron chi connectivity index (χ2n) is 5.56. The zero-order valence-corrected chi connectivity index (χ0v) is 13.5. The first-order valence-electron chi connectivity index (χ1n) is 7.78. The predicted molar refractivity (Wildman–Crippen MR) is 91.9 cm³/mol. The lowest BCUT2D eigenvalue weighted by Gasteiger charge is -2.16. The summed E-state index contributed by atoms with van der Waals surface area (Å²) in [5, 5.41) is 6.24. The van der Waals surface area contributed by atoms with E-state index in [0.29, 0.717) is 6.54 Å². The largest absolute Gasteiger partial charge is 0.374 e. The summed E-state index contributed by atoms with van der Waals surface area (Å²) in [5.41, 5.74) is 4.59. The Hall–Kier alpha value is -2.29. The van der Waals surface area contributed by atoms with Crippen LogP contribution < -0.4 is 10.6 Å². The summed E-state index contributed by atoms with van der Waals surface area (Å²) in [5.74, 6) is 0.00477. The maximum atomic E-state index is 12.2. The van der Waals surface area contributed by atoms with Crippen LogP contribution in [0.1, 0.15) is 30.5 Å². The van der Waals surface area contributed by atoms with Crippen molar-refractivity contribution in [1.29, 1.82) is 0 Å². The molecule has 0 aromatic heterocycles. The van der Waals surface area contributed by atoms with Crippen LogP contribution in [-0.4, -0.2) is 11.9 Å². The van der Waals surface area contributed by atoms with E-state index in [1.165, 1.54) is 11.1 Å². The molecule has 0 saturated heterocycles. The number of nitrogens with one attached hydrogen (secondary N) is 2. The smallest absolute Gasteiger partial charge is 0.242 e. The van der Waals surface area contributed by atoms with E-state index < -0.39 is 0 Å². The molecule has 116 valence electrons. The lowest BCUT2D eigenvalue weighted by molar-refractivity contribution is -0.121. The van der Waals surface area contributed by atoms with Crippen LogP contribution in [0.3, 0.4) is 0 Å². The van der Waals surface area contributed by atoms with Crippen molar-refractivity contribution < 1.29 is 4.79 Å². The summed E-state index contributed by atoms with van der Waals surface area (Å²) < 4.78 is 0. The third-order valence-corrected chi connectivity index (χ3v) is 3.83. The molecule has 1 atom stereocenters. The fourth-order valence-electron chi connectivity index (χ4n) is 2.34. The van der Waals surface area contributed by atoms with Gasteiger partial charge in [0, 0.05) is 12.2 Å². The van der Waals surface area contributed by atoms with Gasteiger partial charge in [0.25, 0.3) is 0 Å². The quantitative estimate of drug-likeness (QED) is 0.854. The van der Waals surface area contributed by atoms with E-state index in [4.69, 9.17) is 0 Å². The number of anilines is 1. The molecule has 2 N–H and O–H groups in total. The van der Waals surface area contributed by atoms with Gasteiger partial charge >= 0.3 is 0 Å². The number of aryl methyl sites for hydroxylation is 2. The fraction of sp³-hybridized carbons (Fsp3) is 0.316. The molecule has 0 heterocycles. The molecule has 2 aromatic rings. The second-order valence-corrected chi connectivity index (χ2v) is 5.56. The maximum absolute atomic E-state index is 12.2. The van der Waals surface area contributed by atoms with Crippen LogP contribution in [-0.2, 0) is 17.8 Å². The van der Waals surface area contributed by atoms with Crippen LogP contribution in [0, 0.1) is 6.92 Å². The average molecular weight is 296 g/mol. The van der Waals surface area contributed by atoms with Crippen molar-refractivity contribution in [2.75, 3.05) is 5.32 Å². The van der Waals surface area contributed by atoms with Gasteiger partial charge in [0.15, 0.2) is 0 Å². The normalized spacial score (nSPS) is 11.8. The number of amides is 1. The van der Waals surface area contributed by atoms with Crippen molar-refractivity contribution in [3.63, 3.8) is 0 Å². The number of hydrogen-bond acceptors (Lipinski definition) is 2. The SMILES string of the molecule is CCc1cccc(NC(C)C(=O)NCc2ccccc2C)c1. The summed E-state index contributed by atoms with van der Waals surface area (Å²) >= 11 is 0. The topological polar surface area (TPSA) is 41.1 Å². The minimum absolute atomic E-state index is 0.00477. The van der Waals surface area contributed by atoms with Crippen molar-refractivity contribution in [3.05, 3.63) is 65.2 Å². The highest BCUT2D eigenvalue weighted by molar-refractivity contribution is 5.84. The molecular weight excluding hydrogens is 272 g/mol. The molecule has 0 aliphatic heterocycles. The van der Waals surface area contributed by atoms with Crippen LogP contribution in [0.15, 0.2) is 48.5 Å². The van der Waals surface area contributed by atoms with Crippen LogP contribution in [0.4, 0.5) is 5.69 Å². The standard InChI is InChI=1S/C19H24N2O/c1-4-16-9-7-11-18(12-16)21-15(3)19(22)20-13-17-10-6-5-8-14(17)2/h5-12,15,21H,4,13H2,1-3H3,(H,20,22). The molecule has 0 aliphatic carbocycles. The molecule has 0 bridgehead atoms. The van der Waals surface area contributed by atoms with Crippen molar-refractivity contribution in [1.82, 2.24) is 5.32 Å². The monoisotopic (exact) mass is 296 g/mol. The lowest BCUT2D eigenvalue weighted by Crippen LogP contribution is -2.37. The zero-order chi connectivity index (χ0) is 15.9. The van der Waals surface area contributed by atoms with E-state index in [-0.39, 0.29) is 11.9 Å². The molecule has 2 rings (SSSR count). The van der Waals surface area contributed by atoms with Gasteiger partial charge in [0.05, 0.1) is 0 Å². The zero-order valence-electron chi connectivity index (χ0n) is 13.5. The third kappa shape index (κ3) is 4.35. The molecule has 1 amide bonds. The summed E-state index contributed by atoms with van der Waals surface area (Å²) in [6.07, 6.45) is 0.989. The molecule has 0 saturated carbocycles. The molecule has 0 spiro atoms. The highest BCUT2D eigenvalue weighted by Gasteiger charge is 2.12. The van der Waals surface area contributed by atoms with Gasteiger partial charge in [0.2, 0.25) is 5.91 Å². The molecule has 22 heavy (non-hydrogen) atoms. The molecular formula is C19H24N2O. The van der Waals surface area contributed by atoms with Gasteiger partial charge in [-0.3, -0.25) is 4.79 Å². The van der Waals surface area contributed by atoms with E-state index in [0.717, 1.165) is 17.7 Å². The first-order chi connectivity index (χ1) is 10.6. The molecule has 0 fully saturated rings. The van der Waals surface area contributed by atoms with Gasteiger partial charge in [-0.05, 0) is 49.1 Å². The van der Waals surface area contributed by atoms with Gasteiger partial charge < -0.3 is 10.6 Å². The molecule has 2 aromatic carbocycles. The van der Waals surface area contributed by atoms with E-state index in [9.17, 15) is 4.79 Å².